The highest BCUT2D eigenvalue weighted by atomic mass is 35.5. The zero-order valence-corrected chi connectivity index (χ0v) is 20.8. The summed E-state index contributed by atoms with van der Waals surface area (Å²) < 4.78 is 15.1. The lowest BCUT2D eigenvalue weighted by Crippen LogP contribution is -2.49. The Bertz CT molecular complexity index is 1360. The molecule has 4 rings (SSSR count). The summed E-state index contributed by atoms with van der Waals surface area (Å²) in [6.45, 7) is 5.26. The monoisotopic (exact) mass is 512 g/mol. The number of halogens is 2. The number of hydrogen-bond donors (Lipinski definition) is 3. The average Bonchev–Trinajstić information content (AvgIpc) is 2.84. The number of rotatable bonds is 5. The maximum absolute atomic E-state index is 15.1. The molecule has 36 heavy (non-hydrogen) atoms. The zero-order valence-electron chi connectivity index (χ0n) is 20.1. The Kier molecular flexibility index (Phi) is 7.35. The van der Waals surface area contributed by atoms with Crippen LogP contribution in [0.4, 0.5) is 20.7 Å². The van der Waals surface area contributed by atoms with Crippen molar-refractivity contribution in [3.63, 3.8) is 0 Å². The summed E-state index contributed by atoms with van der Waals surface area (Å²) in [5, 5.41) is 12.1. The highest BCUT2D eigenvalue weighted by Gasteiger charge is 2.37. The summed E-state index contributed by atoms with van der Waals surface area (Å²) >= 11 is 6.45. The number of benzene rings is 1. The van der Waals surface area contributed by atoms with Gasteiger partial charge in [0.05, 0.1) is 22.4 Å². The molecule has 1 aromatic carbocycles. The number of carbonyl (C=O) groups is 2. The minimum absolute atomic E-state index is 0.0542. The number of aromatic amines is 1. The Morgan fingerprint density at radius 3 is 2.61 bits per heavy atom. The van der Waals surface area contributed by atoms with Crippen molar-refractivity contribution in [2.75, 3.05) is 10.6 Å². The molecule has 0 radical (unpaired) electrons. The highest BCUT2D eigenvalue weighted by Crippen LogP contribution is 2.36. The van der Waals surface area contributed by atoms with Crippen molar-refractivity contribution in [3.8, 4) is 11.1 Å². The molecule has 1 aliphatic rings. The molecule has 0 unspecified atom stereocenters. The minimum Gasteiger partial charge on any atom is -0.313 e. The summed E-state index contributed by atoms with van der Waals surface area (Å²) in [5.41, 5.74) is 2.07. The SMILES string of the molecule is CC[C@H]1Cc2cc(=O)[nH]nc2[C@@H](CC)N1C(=O)Nc1cc(Cl)c(-c2ccc(NC(C)=O)nc2)cc1F. The fraction of sp³-hybridized carbons (Fsp3) is 0.320. The van der Waals surface area contributed by atoms with E-state index in [4.69, 9.17) is 11.6 Å². The quantitative estimate of drug-likeness (QED) is 0.449. The molecule has 0 spiro atoms. The van der Waals surface area contributed by atoms with Crippen molar-refractivity contribution < 1.29 is 14.0 Å². The van der Waals surface area contributed by atoms with Crippen molar-refractivity contribution in [1.29, 1.82) is 0 Å². The number of carbonyl (C=O) groups excluding carboxylic acids is 2. The second-order valence-corrected chi connectivity index (χ2v) is 9.00. The van der Waals surface area contributed by atoms with Crippen LogP contribution >= 0.6 is 11.6 Å². The molecule has 9 nitrogen and oxygen atoms in total. The first kappa shape index (κ1) is 25.3. The van der Waals surface area contributed by atoms with Crippen LogP contribution in [-0.4, -0.2) is 38.1 Å². The van der Waals surface area contributed by atoms with E-state index >= 15 is 4.39 Å². The Morgan fingerprint density at radius 1 is 1.19 bits per heavy atom. The third kappa shape index (κ3) is 5.08. The van der Waals surface area contributed by atoms with Gasteiger partial charge in [-0.05, 0) is 49.1 Å². The second-order valence-electron chi connectivity index (χ2n) is 8.60. The van der Waals surface area contributed by atoms with E-state index in [-0.39, 0.29) is 34.3 Å². The summed E-state index contributed by atoms with van der Waals surface area (Å²) in [4.78, 5) is 42.1. The van der Waals surface area contributed by atoms with Gasteiger partial charge >= 0.3 is 6.03 Å². The second kappa shape index (κ2) is 10.4. The zero-order chi connectivity index (χ0) is 26.0. The van der Waals surface area contributed by atoms with Crippen LogP contribution in [-0.2, 0) is 11.2 Å². The maximum Gasteiger partial charge on any atom is 0.322 e. The fourth-order valence-corrected chi connectivity index (χ4v) is 4.80. The van der Waals surface area contributed by atoms with Crippen LogP contribution in [0.5, 0.6) is 0 Å². The number of amides is 3. The number of pyridine rings is 1. The lowest BCUT2D eigenvalue weighted by atomic mass is 9.90. The van der Waals surface area contributed by atoms with Crippen LogP contribution in [0.3, 0.4) is 0 Å². The van der Waals surface area contributed by atoms with Crippen LogP contribution in [0, 0.1) is 5.82 Å². The predicted molar refractivity (Wildman–Crippen MR) is 135 cm³/mol. The number of nitrogens with one attached hydrogen (secondary N) is 3. The molecule has 0 aliphatic carbocycles. The van der Waals surface area contributed by atoms with Crippen molar-refractivity contribution >= 4 is 35.0 Å². The largest absolute Gasteiger partial charge is 0.322 e. The standard InChI is InChI=1S/C25H26ClFN6O3/c1-4-16-8-15-9-23(35)31-32-24(15)21(5-2)33(16)25(36)30-20-11-18(26)17(10-19(20)27)14-6-7-22(28-12-14)29-13(3)34/h6-7,9-12,16,21H,4-5,8H2,1-3H3,(H,30,36)(H,31,35)(H,28,29,34)/t16-,21+/m0/s1. The molecule has 3 heterocycles. The number of urea groups is 1. The molecular weight excluding hydrogens is 487 g/mol. The van der Waals surface area contributed by atoms with Gasteiger partial charge in [-0.3, -0.25) is 9.59 Å². The molecule has 0 bridgehead atoms. The van der Waals surface area contributed by atoms with E-state index in [1.807, 2.05) is 13.8 Å². The predicted octanol–water partition coefficient (Wildman–Crippen LogP) is 4.90. The summed E-state index contributed by atoms with van der Waals surface area (Å²) in [6, 6.07) is 6.35. The van der Waals surface area contributed by atoms with Crippen LogP contribution in [0.1, 0.15) is 50.9 Å². The molecule has 2 aromatic heterocycles. The van der Waals surface area contributed by atoms with Crippen molar-refractivity contribution in [2.24, 2.45) is 0 Å². The number of anilines is 2. The molecule has 11 heteroatoms. The van der Waals surface area contributed by atoms with Gasteiger partial charge in [-0.2, -0.15) is 5.10 Å². The van der Waals surface area contributed by atoms with Gasteiger partial charge in [0.25, 0.3) is 5.56 Å². The van der Waals surface area contributed by atoms with Gasteiger partial charge in [0.15, 0.2) is 0 Å². The molecule has 3 N–H and O–H groups in total. The Labute approximate surface area is 212 Å². The molecule has 0 fully saturated rings. The van der Waals surface area contributed by atoms with E-state index in [1.54, 1.807) is 17.0 Å². The third-order valence-corrected chi connectivity index (χ3v) is 6.50. The van der Waals surface area contributed by atoms with Crippen LogP contribution in [0.15, 0.2) is 41.3 Å². The van der Waals surface area contributed by atoms with Crippen molar-refractivity contribution in [1.82, 2.24) is 20.1 Å². The molecule has 2 atom stereocenters. The van der Waals surface area contributed by atoms with Gasteiger partial charge in [0.2, 0.25) is 5.91 Å². The molecule has 3 aromatic rings. The topological polar surface area (TPSA) is 120 Å². The van der Waals surface area contributed by atoms with E-state index in [1.165, 1.54) is 31.3 Å². The van der Waals surface area contributed by atoms with E-state index in [9.17, 15) is 14.4 Å². The Hall–Kier alpha value is -3.79. The first-order valence-electron chi connectivity index (χ1n) is 11.6. The van der Waals surface area contributed by atoms with Crippen LogP contribution < -0.4 is 16.2 Å². The van der Waals surface area contributed by atoms with Crippen molar-refractivity contribution in [3.05, 3.63) is 69.0 Å². The van der Waals surface area contributed by atoms with Gasteiger partial charge in [-0.1, -0.05) is 25.4 Å². The van der Waals surface area contributed by atoms with Gasteiger partial charge in [-0.15, -0.1) is 0 Å². The van der Waals surface area contributed by atoms with Gasteiger partial charge in [-0.25, -0.2) is 19.3 Å². The average molecular weight is 513 g/mol. The molecule has 1 aliphatic heterocycles. The van der Waals surface area contributed by atoms with E-state index in [0.717, 1.165) is 5.56 Å². The lowest BCUT2D eigenvalue weighted by molar-refractivity contribution is -0.114. The summed E-state index contributed by atoms with van der Waals surface area (Å²) in [6.07, 6.45) is 3.18. The number of aromatic nitrogens is 3. The lowest BCUT2D eigenvalue weighted by Gasteiger charge is -2.41. The normalized spacial score (nSPS) is 16.9. The van der Waals surface area contributed by atoms with Crippen LogP contribution in [0.2, 0.25) is 5.02 Å². The molecule has 0 saturated heterocycles. The summed E-state index contributed by atoms with van der Waals surface area (Å²) in [7, 11) is 0. The number of fused-ring (bicyclic) bond motifs is 1. The number of hydrogen-bond acceptors (Lipinski definition) is 5. The minimum atomic E-state index is -0.658. The van der Waals surface area contributed by atoms with Gasteiger partial charge in [0, 0.05) is 36.4 Å². The molecule has 0 saturated carbocycles. The van der Waals surface area contributed by atoms with E-state index < -0.39 is 11.8 Å². The Morgan fingerprint density at radius 2 is 1.97 bits per heavy atom. The first-order chi connectivity index (χ1) is 17.2. The van der Waals surface area contributed by atoms with Gasteiger partial charge < -0.3 is 15.5 Å². The molecule has 188 valence electrons. The number of H-pyrrole nitrogens is 1. The fourth-order valence-electron chi connectivity index (χ4n) is 4.53. The summed E-state index contributed by atoms with van der Waals surface area (Å²) in [5.74, 6) is -0.546. The van der Waals surface area contributed by atoms with E-state index in [2.05, 4.69) is 25.8 Å². The first-order valence-corrected chi connectivity index (χ1v) is 12.0. The third-order valence-electron chi connectivity index (χ3n) is 6.19. The highest BCUT2D eigenvalue weighted by molar-refractivity contribution is 6.33. The molecule has 3 amide bonds. The van der Waals surface area contributed by atoms with Crippen LogP contribution in [0.25, 0.3) is 11.1 Å². The van der Waals surface area contributed by atoms with Crippen molar-refractivity contribution in [2.45, 2.75) is 52.1 Å². The number of nitrogens with zero attached hydrogens (tertiary/aromatic N) is 3. The Balaban J connectivity index is 1.60. The van der Waals surface area contributed by atoms with Gasteiger partial charge in [0.1, 0.15) is 11.6 Å². The maximum atomic E-state index is 15.1. The molecular formula is C25H26ClFN6O3. The smallest absolute Gasteiger partial charge is 0.313 e. The van der Waals surface area contributed by atoms with E-state index in [0.29, 0.717) is 41.9 Å².